The maximum atomic E-state index is 12.6. The topological polar surface area (TPSA) is 37.4 Å². The number of nitrogens with zero attached hydrogens (tertiary/aromatic N) is 1. The monoisotopic (exact) mass is 379 g/mol. The quantitative estimate of drug-likeness (QED) is 0.784. The van der Waals surface area contributed by atoms with Crippen molar-refractivity contribution in [3.63, 3.8) is 0 Å². The Labute approximate surface area is 130 Å². The van der Waals surface area contributed by atoms with Crippen LogP contribution < -0.4 is 0 Å². The zero-order valence-electron chi connectivity index (χ0n) is 10.6. The lowest BCUT2D eigenvalue weighted by Gasteiger charge is -2.19. The fraction of sp³-hybridized carbons (Fsp3) is 0.333. The molecular formula is C12H14BrNO2S3. The van der Waals surface area contributed by atoms with E-state index in [9.17, 15) is 8.42 Å². The smallest absolute Gasteiger partial charge is 0.207 e. The average molecular weight is 380 g/mol. The van der Waals surface area contributed by atoms with Crippen LogP contribution in [0.2, 0.25) is 0 Å². The van der Waals surface area contributed by atoms with Crippen LogP contribution in [0.1, 0.15) is 16.7 Å². The lowest BCUT2D eigenvalue weighted by atomic mass is 10.4. The summed E-state index contributed by atoms with van der Waals surface area (Å²) in [6, 6.07) is 5.58. The second kappa shape index (κ2) is 6.05. The van der Waals surface area contributed by atoms with Gasteiger partial charge in [-0.15, -0.1) is 22.7 Å². The van der Waals surface area contributed by atoms with Gasteiger partial charge in [-0.25, -0.2) is 8.42 Å². The number of thiophene rings is 2. The third-order valence-corrected chi connectivity index (χ3v) is 7.32. The van der Waals surface area contributed by atoms with Crippen molar-refractivity contribution >= 4 is 48.6 Å². The summed E-state index contributed by atoms with van der Waals surface area (Å²) in [4.78, 5) is 2.27. The number of halogens is 1. The summed E-state index contributed by atoms with van der Waals surface area (Å²) in [7, 11) is -3.42. The van der Waals surface area contributed by atoms with Crippen LogP contribution in [-0.4, -0.2) is 19.3 Å². The molecule has 0 aromatic carbocycles. The highest BCUT2D eigenvalue weighted by atomic mass is 79.9. The van der Waals surface area contributed by atoms with E-state index in [1.165, 1.54) is 15.6 Å². The molecule has 2 aromatic rings. The average Bonchev–Trinajstić information content (AvgIpc) is 2.95. The Morgan fingerprint density at radius 3 is 2.63 bits per heavy atom. The van der Waals surface area contributed by atoms with Gasteiger partial charge in [0, 0.05) is 22.8 Å². The van der Waals surface area contributed by atoms with E-state index in [4.69, 9.17) is 0 Å². The Hall–Kier alpha value is -0.210. The highest BCUT2D eigenvalue weighted by Gasteiger charge is 2.26. The van der Waals surface area contributed by atoms with Gasteiger partial charge in [0.1, 0.15) is 0 Å². The summed E-state index contributed by atoms with van der Waals surface area (Å²) in [5, 5.41) is 1.96. The molecule has 0 aliphatic carbocycles. The summed E-state index contributed by atoms with van der Waals surface area (Å²) < 4.78 is 27.6. The molecule has 0 unspecified atom stereocenters. The van der Waals surface area contributed by atoms with E-state index in [0.29, 0.717) is 18.0 Å². The van der Waals surface area contributed by atoms with E-state index in [0.717, 1.165) is 13.5 Å². The van der Waals surface area contributed by atoms with Gasteiger partial charge in [-0.1, -0.05) is 13.0 Å². The molecule has 3 nitrogen and oxygen atoms in total. The molecule has 0 saturated heterocycles. The molecule has 0 atom stereocenters. The van der Waals surface area contributed by atoms with Gasteiger partial charge in [0.15, 0.2) is 0 Å². The number of sulfonamides is 1. The van der Waals surface area contributed by atoms with Crippen LogP contribution in [0.4, 0.5) is 0 Å². The van der Waals surface area contributed by atoms with Crippen LogP contribution in [0.25, 0.3) is 0 Å². The predicted octanol–water partition coefficient (Wildman–Crippen LogP) is 4.09. The Morgan fingerprint density at radius 1 is 1.42 bits per heavy atom. The normalized spacial score (nSPS) is 12.2. The largest absolute Gasteiger partial charge is 0.244 e. The van der Waals surface area contributed by atoms with E-state index >= 15 is 0 Å². The molecule has 0 spiro atoms. The molecule has 0 fully saturated rings. The van der Waals surface area contributed by atoms with Crippen molar-refractivity contribution in [1.29, 1.82) is 0 Å². The van der Waals surface area contributed by atoms with Crippen molar-refractivity contribution in [2.75, 3.05) is 6.54 Å². The Bertz CT molecular complexity index is 647. The van der Waals surface area contributed by atoms with Gasteiger partial charge in [-0.05, 0) is 40.4 Å². The highest BCUT2D eigenvalue weighted by Crippen LogP contribution is 2.32. The standard InChI is InChI=1S/C12H14BrNO2S3/c1-3-14(8-10-5-4-6-17-10)19(15,16)11-7-12(13)18-9(11)2/h4-7H,3,8H2,1-2H3. The number of rotatable bonds is 5. The summed E-state index contributed by atoms with van der Waals surface area (Å²) in [6.07, 6.45) is 0. The van der Waals surface area contributed by atoms with Crippen molar-refractivity contribution < 1.29 is 8.42 Å². The first-order valence-corrected chi connectivity index (χ1v) is 9.66. The molecule has 2 heterocycles. The summed E-state index contributed by atoms with van der Waals surface area (Å²) in [5.41, 5.74) is 0. The third-order valence-electron chi connectivity index (χ3n) is 2.72. The molecule has 0 saturated carbocycles. The van der Waals surface area contributed by atoms with Crippen LogP contribution in [0, 0.1) is 6.92 Å². The van der Waals surface area contributed by atoms with Gasteiger partial charge in [-0.2, -0.15) is 4.31 Å². The molecule has 0 amide bonds. The lowest BCUT2D eigenvalue weighted by Crippen LogP contribution is -2.30. The van der Waals surface area contributed by atoms with Gasteiger partial charge in [-0.3, -0.25) is 0 Å². The Morgan fingerprint density at radius 2 is 2.16 bits per heavy atom. The molecule has 7 heteroatoms. The van der Waals surface area contributed by atoms with Crippen molar-refractivity contribution in [1.82, 2.24) is 4.31 Å². The molecule has 0 aliphatic rings. The highest BCUT2D eigenvalue weighted by molar-refractivity contribution is 9.11. The van der Waals surface area contributed by atoms with Crippen molar-refractivity contribution in [2.45, 2.75) is 25.3 Å². The first-order chi connectivity index (χ1) is 8.95. The van der Waals surface area contributed by atoms with Gasteiger partial charge in [0.25, 0.3) is 0 Å². The van der Waals surface area contributed by atoms with Crippen LogP contribution in [0.15, 0.2) is 32.3 Å². The van der Waals surface area contributed by atoms with Crippen molar-refractivity contribution in [2.24, 2.45) is 0 Å². The van der Waals surface area contributed by atoms with Crippen LogP contribution in [0.5, 0.6) is 0 Å². The van der Waals surface area contributed by atoms with Gasteiger partial charge in [0.2, 0.25) is 10.0 Å². The molecule has 0 bridgehead atoms. The molecule has 0 radical (unpaired) electrons. The van der Waals surface area contributed by atoms with Gasteiger partial charge in [0.05, 0.1) is 8.68 Å². The molecule has 104 valence electrons. The minimum absolute atomic E-state index is 0.405. The molecular weight excluding hydrogens is 366 g/mol. The van der Waals surface area contributed by atoms with E-state index in [1.54, 1.807) is 17.4 Å². The fourth-order valence-corrected chi connectivity index (χ4v) is 6.38. The SMILES string of the molecule is CCN(Cc1cccs1)S(=O)(=O)c1cc(Br)sc1C. The molecule has 19 heavy (non-hydrogen) atoms. The zero-order chi connectivity index (χ0) is 14.0. The van der Waals surface area contributed by atoms with Crippen LogP contribution in [0.3, 0.4) is 0 Å². The van der Waals surface area contributed by atoms with Crippen LogP contribution in [-0.2, 0) is 16.6 Å². The predicted molar refractivity (Wildman–Crippen MR) is 84.3 cm³/mol. The van der Waals surface area contributed by atoms with E-state index in [-0.39, 0.29) is 0 Å². The third kappa shape index (κ3) is 3.28. The van der Waals surface area contributed by atoms with E-state index in [2.05, 4.69) is 15.9 Å². The zero-order valence-corrected chi connectivity index (χ0v) is 14.6. The summed E-state index contributed by atoms with van der Waals surface area (Å²) in [5.74, 6) is 0. The van der Waals surface area contributed by atoms with Crippen molar-refractivity contribution in [3.8, 4) is 0 Å². The second-order valence-corrected chi connectivity index (χ2v) is 9.56. The summed E-state index contributed by atoms with van der Waals surface area (Å²) >= 11 is 6.36. The molecule has 2 aromatic heterocycles. The summed E-state index contributed by atoms with van der Waals surface area (Å²) in [6.45, 7) is 4.60. The molecule has 0 aliphatic heterocycles. The Kier molecular flexibility index (Phi) is 4.84. The maximum absolute atomic E-state index is 12.6. The van der Waals surface area contributed by atoms with Crippen LogP contribution >= 0.6 is 38.6 Å². The van der Waals surface area contributed by atoms with Gasteiger partial charge >= 0.3 is 0 Å². The minimum atomic E-state index is -3.42. The number of hydrogen-bond donors (Lipinski definition) is 0. The van der Waals surface area contributed by atoms with Crippen molar-refractivity contribution in [3.05, 3.63) is 37.1 Å². The van der Waals surface area contributed by atoms with E-state index in [1.807, 2.05) is 31.4 Å². The first-order valence-electron chi connectivity index (χ1n) is 5.73. The molecule has 2 rings (SSSR count). The first kappa shape index (κ1) is 15.2. The van der Waals surface area contributed by atoms with Gasteiger partial charge < -0.3 is 0 Å². The fourth-order valence-electron chi connectivity index (χ4n) is 1.77. The maximum Gasteiger partial charge on any atom is 0.244 e. The number of hydrogen-bond acceptors (Lipinski definition) is 4. The van der Waals surface area contributed by atoms with E-state index < -0.39 is 10.0 Å². The molecule has 0 N–H and O–H groups in total. The Balaban J connectivity index is 2.33. The second-order valence-electron chi connectivity index (χ2n) is 3.98. The number of aryl methyl sites for hydroxylation is 1. The minimum Gasteiger partial charge on any atom is -0.207 e. The lowest BCUT2D eigenvalue weighted by molar-refractivity contribution is 0.426.